The summed E-state index contributed by atoms with van der Waals surface area (Å²) in [5.74, 6) is -0.0609. The van der Waals surface area contributed by atoms with Crippen molar-refractivity contribution in [1.82, 2.24) is 5.32 Å². The van der Waals surface area contributed by atoms with Crippen LogP contribution in [0.4, 0.5) is 0 Å². The molecular weight excluding hydrogens is 242 g/mol. The fourth-order valence-electron chi connectivity index (χ4n) is 2.08. The number of aliphatic hydroxyl groups is 1. The number of carbonyl (C=O) groups excluding carboxylic acids is 1. The van der Waals surface area contributed by atoms with Crippen LogP contribution in [-0.2, 0) is 9.53 Å². The summed E-state index contributed by atoms with van der Waals surface area (Å²) in [4.78, 5) is 12.2. The summed E-state index contributed by atoms with van der Waals surface area (Å²) in [7, 11) is 1.52. The van der Waals surface area contributed by atoms with Gasteiger partial charge in [-0.25, -0.2) is 0 Å². The van der Waals surface area contributed by atoms with E-state index in [0.717, 1.165) is 5.56 Å². The Labute approximate surface area is 114 Å². The second-order valence-corrected chi connectivity index (χ2v) is 4.99. The predicted molar refractivity (Wildman–Crippen MR) is 74.9 cm³/mol. The Morgan fingerprint density at radius 1 is 1.32 bits per heavy atom. The van der Waals surface area contributed by atoms with Gasteiger partial charge in [0.15, 0.2) is 0 Å². The molecule has 4 heteroatoms. The lowest BCUT2D eigenvalue weighted by atomic mass is 9.87. The normalized spacial score (nSPS) is 14.2. The minimum Gasteiger partial charge on any atom is -0.389 e. The molecule has 0 radical (unpaired) electrons. The topological polar surface area (TPSA) is 58.6 Å². The molecular formula is C15H23NO3. The van der Waals surface area contributed by atoms with Crippen LogP contribution in [0.1, 0.15) is 25.3 Å². The molecule has 19 heavy (non-hydrogen) atoms. The molecule has 2 N–H and O–H groups in total. The van der Waals surface area contributed by atoms with Crippen LogP contribution in [0.2, 0.25) is 0 Å². The van der Waals surface area contributed by atoms with Crippen LogP contribution in [0.15, 0.2) is 30.3 Å². The van der Waals surface area contributed by atoms with Crippen LogP contribution in [-0.4, -0.2) is 37.4 Å². The zero-order valence-corrected chi connectivity index (χ0v) is 11.8. The molecule has 1 aromatic carbocycles. The average Bonchev–Trinajstić information content (AvgIpc) is 2.38. The second kappa shape index (κ2) is 7.92. The molecule has 0 aliphatic carbocycles. The quantitative estimate of drug-likeness (QED) is 0.786. The lowest BCUT2D eigenvalue weighted by molar-refractivity contribution is -0.124. The van der Waals surface area contributed by atoms with E-state index in [-0.39, 0.29) is 30.9 Å². The van der Waals surface area contributed by atoms with Gasteiger partial charge in [-0.3, -0.25) is 4.79 Å². The van der Waals surface area contributed by atoms with Gasteiger partial charge in [-0.1, -0.05) is 44.2 Å². The summed E-state index contributed by atoms with van der Waals surface area (Å²) in [6.45, 7) is 4.46. The van der Waals surface area contributed by atoms with Crippen molar-refractivity contribution < 1.29 is 14.6 Å². The number of rotatable bonds is 7. The molecule has 0 saturated heterocycles. The van der Waals surface area contributed by atoms with E-state index in [1.54, 1.807) is 0 Å². The van der Waals surface area contributed by atoms with Crippen molar-refractivity contribution in [1.29, 1.82) is 0 Å². The van der Waals surface area contributed by atoms with Crippen molar-refractivity contribution in [2.45, 2.75) is 25.9 Å². The molecule has 106 valence electrons. The SMILES string of the molecule is COCC(O)CNC(=O)C(c1ccccc1)C(C)C. The summed E-state index contributed by atoms with van der Waals surface area (Å²) in [5, 5.41) is 12.3. The van der Waals surface area contributed by atoms with E-state index in [1.165, 1.54) is 7.11 Å². The van der Waals surface area contributed by atoms with Crippen LogP contribution in [0, 0.1) is 5.92 Å². The van der Waals surface area contributed by atoms with Crippen molar-refractivity contribution >= 4 is 5.91 Å². The molecule has 0 heterocycles. The average molecular weight is 265 g/mol. The van der Waals surface area contributed by atoms with Gasteiger partial charge in [0.05, 0.1) is 18.6 Å². The van der Waals surface area contributed by atoms with Gasteiger partial charge < -0.3 is 15.2 Å². The van der Waals surface area contributed by atoms with Crippen molar-refractivity contribution in [3.63, 3.8) is 0 Å². The fourth-order valence-corrected chi connectivity index (χ4v) is 2.08. The number of carbonyl (C=O) groups is 1. The molecule has 0 aliphatic heterocycles. The first-order valence-corrected chi connectivity index (χ1v) is 6.56. The van der Waals surface area contributed by atoms with Gasteiger partial charge in [0.25, 0.3) is 0 Å². The van der Waals surface area contributed by atoms with E-state index >= 15 is 0 Å². The number of methoxy groups -OCH3 is 1. The number of hydrogen-bond donors (Lipinski definition) is 2. The number of aliphatic hydroxyl groups excluding tert-OH is 1. The molecule has 2 unspecified atom stereocenters. The Hall–Kier alpha value is -1.39. The van der Waals surface area contributed by atoms with Crippen molar-refractivity contribution in [3.05, 3.63) is 35.9 Å². The molecule has 0 aliphatic rings. The molecule has 2 atom stereocenters. The van der Waals surface area contributed by atoms with Crippen LogP contribution >= 0.6 is 0 Å². The third-order valence-electron chi connectivity index (χ3n) is 2.98. The molecule has 1 aromatic rings. The van der Waals surface area contributed by atoms with Gasteiger partial charge in [-0.2, -0.15) is 0 Å². The van der Waals surface area contributed by atoms with E-state index in [2.05, 4.69) is 5.32 Å². The van der Waals surface area contributed by atoms with E-state index < -0.39 is 6.10 Å². The first kappa shape index (κ1) is 15.7. The molecule has 1 rings (SSSR count). The summed E-state index contributed by atoms with van der Waals surface area (Å²) in [5.41, 5.74) is 0.997. The summed E-state index contributed by atoms with van der Waals surface area (Å²) < 4.78 is 4.83. The highest BCUT2D eigenvalue weighted by Gasteiger charge is 2.24. The lowest BCUT2D eigenvalue weighted by Gasteiger charge is -2.21. The van der Waals surface area contributed by atoms with Crippen LogP contribution < -0.4 is 5.32 Å². The zero-order valence-electron chi connectivity index (χ0n) is 11.8. The molecule has 0 aromatic heterocycles. The Morgan fingerprint density at radius 2 is 1.95 bits per heavy atom. The number of nitrogens with one attached hydrogen (secondary N) is 1. The van der Waals surface area contributed by atoms with Gasteiger partial charge in [0.1, 0.15) is 0 Å². The minimum absolute atomic E-state index is 0.0589. The van der Waals surface area contributed by atoms with E-state index in [9.17, 15) is 9.90 Å². The highest BCUT2D eigenvalue weighted by atomic mass is 16.5. The Morgan fingerprint density at radius 3 is 2.47 bits per heavy atom. The monoisotopic (exact) mass is 265 g/mol. The van der Waals surface area contributed by atoms with Crippen molar-refractivity contribution in [3.8, 4) is 0 Å². The highest BCUT2D eigenvalue weighted by Crippen LogP contribution is 2.24. The van der Waals surface area contributed by atoms with E-state index in [4.69, 9.17) is 4.74 Å². The van der Waals surface area contributed by atoms with Crippen molar-refractivity contribution in [2.75, 3.05) is 20.3 Å². The number of benzene rings is 1. The summed E-state index contributed by atoms with van der Waals surface area (Å²) in [6, 6.07) is 9.70. The smallest absolute Gasteiger partial charge is 0.227 e. The predicted octanol–water partition coefficient (Wildman–Crippen LogP) is 1.55. The number of hydrogen-bond acceptors (Lipinski definition) is 3. The molecule has 1 amide bonds. The molecule has 0 bridgehead atoms. The van der Waals surface area contributed by atoms with Crippen LogP contribution in [0.3, 0.4) is 0 Å². The number of ether oxygens (including phenoxy) is 1. The Kier molecular flexibility index (Phi) is 6.53. The molecule has 4 nitrogen and oxygen atoms in total. The van der Waals surface area contributed by atoms with E-state index in [0.29, 0.717) is 0 Å². The molecule has 0 saturated carbocycles. The summed E-state index contributed by atoms with van der Waals surface area (Å²) >= 11 is 0. The number of amides is 1. The van der Waals surface area contributed by atoms with Gasteiger partial charge >= 0.3 is 0 Å². The Balaban J connectivity index is 2.65. The third-order valence-corrected chi connectivity index (χ3v) is 2.98. The first-order valence-electron chi connectivity index (χ1n) is 6.56. The summed E-state index contributed by atoms with van der Waals surface area (Å²) in [6.07, 6.45) is -0.669. The van der Waals surface area contributed by atoms with Gasteiger partial charge in [0, 0.05) is 13.7 Å². The first-order chi connectivity index (χ1) is 9.06. The lowest BCUT2D eigenvalue weighted by Crippen LogP contribution is -2.38. The highest BCUT2D eigenvalue weighted by molar-refractivity contribution is 5.83. The molecule has 0 fully saturated rings. The zero-order chi connectivity index (χ0) is 14.3. The van der Waals surface area contributed by atoms with Gasteiger partial charge in [0.2, 0.25) is 5.91 Å². The fraction of sp³-hybridized carbons (Fsp3) is 0.533. The van der Waals surface area contributed by atoms with E-state index in [1.807, 2.05) is 44.2 Å². The van der Waals surface area contributed by atoms with Crippen LogP contribution in [0.5, 0.6) is 0 Å². The van der Waals surface area contributed by atoms with Gasteiger partial charge in [-0.05, 0) is 11.5 Å². The maximum Gasteiger partial charge on any atom is 0.227 e. The van der Waals surface area contributed by atoms with Crippen molar-refractivity contribution in [2.24, 2.45) is 5.92 Å². The van der Waals surface area contributed by atoms with Crippen LogP contribution in [0.25, 0.3) is 0 Å². The molecule has 0 spiro atoms. The Bertz CT molecular complexity index is 378. The minimum atomic E-state index is -0.669. The third kappa shape index (κ3) is 5.01. The largest absolute Gasteiger partial charge is 0.389 e. The second-order valence-electron chi connectivity index (χ2n) is 4.99. The maximum absolute atomic E-state index is 12.2. The standard InChI is InChI=1S/C15H23NO3/c1-11(2)14(12-7-5-4-6-8-12)15(18)16-9-13(17)10-19-3/h4-8,11,13-14,17H,9-10H2,1-3H3,(H,16,18). The van der Waals surface area contributed by atoms with Gasteiger partial charge in [-0.15, -0.1) is 0 Å². The maximum atomic E-state index is 12.2.